The number of H-pyrrole nitrogens is 1. The van der Waals surface area contributed by atoms with Crippen molar-refractivity contribution in [1.82, 2.24) is 10.3 Å². The number of sulfonamides is 1. The van der Waals surface area contributed by atoms with Gasteiger partial charge in [0.2, 0.25) is 10.0 Å². The molecule has 0 saturated heterocycles. The lowest BCUT2D eigenvalue weighted by Crippen LogP contribution is -2.27. The summed E-state index contributed by atoms with van der Waals surface area (Å²) in [5.41, 5.74) is 3.76. The first-order valence-electron chi connectivity index (χ1n) is 6.96. The van der Waals surface area contributed by atoms with Crippen molar-refractivity contribution in [3.05, 3.63) is 52.8 Å². The van der Waals surface area contributed by atoms with Crippen LogP contribution >= 0.6 is 0 Å². The zero-order valence-corrected chi connectivity index (χ0v) is 12.9. The molecular formula is C15H17N3O3S. The Kier molecular flexibility index (Phi) is 3.54. The highest BCUT2D eigenvalue weighted by Gasteiger charge is 2.25. The molecule has 1 aromatic carbocycles. The van der Waals surface area contributed by atoms with Crippen molar-refractivity contribution in [1.29, 1.82) is 0 Å². The smallest absolute Gasteiger partial charge is 0.268 e. The predicted octanol–water partition coefficient (Wildman–Crippen LogP) is 1.39. The number of nitrogens with one attached hydrogen (secondary N) is 2. The predicted molar refractivity (Wildman–Crippen MR) is 81.9 cm³/mol. The number of rotatable bonds is 3. The van der Waals surface area contributed by atoms with Gasteiger partial charge in [-0.25, -0.2) is 13.6 Å². The normalized spacial score (nSPS) is 17.3. The van der Waals surface area contributed by atoms with Gasteiger partial charge >= 0.3 is 0 Å². The van der Waals surface area contributed by atoms with Gasteiger partial charge in [-0.15, -0.1) is 0 Å². The Morgan fingerprint density at radius 2 is 2.14 bits per heavy atom. The maximum Gasteiger partial charge on any atom is 0.268 e. The summed E-state index contributed by atoms with van der Waals surface area (Å²) in [6, 6.07) is 7.39. The molecule has 22 heavy (non-hydrogen) atoms. The minimum absolute atomic E-state index is 0.0515. The van der Waals surface area contributed by atoms with Crippen molar-refractivity contribution in [2.24, 2.45) is 5.14 Å². The lowest BCUT2D eigenvalue weighted by atomic mass is 10.1. The van der Waals surface area contributed by atoms with Crippen LogP contribution < -0.4 is 10.5 Å². The van der Waals surface area contributed by atoms with E-state index < -0.39 is 10.0 Å². The molecule has 0 saturated carbocycles. The van der Waals surface area contributed by atoms with Crippen LogP contribution in [0.5, 0.6) is 0 Å². The number of aryl methyl sites for hydroxylation is 2. The van der Waals surface area contributed by atoms with Crippen molar-refractivity contribution in [3.63, 3.8) is 0 Å². The number of primary sulfonamides is 1. The van der Waals surface area contributed by atoms with Crippen molar-refractivity contribution >= 4 is 15.9 Å². The Bertz CT molecular complexity index is 839. The van der Waals surface area contributed by atoms with Gasteiger partial charge in [0.25, 0.3) is 5.91 Å². The van der Waals surface area contributed by atoms with Crippen LogP contribution in [0.4, 0.5) is 0 Å². The Morgan fingerprint density at radius 3 is 2.82 bits per heavy atom. The standard InChI is InChI=1S/C15H17N3O3S/c1-9-2-4-12-10(6-9)3-5-13(12)18-15(19)14-7-11(8-17-14)22(16,20)21/h2,4,6-8,13,17H,3,5H2,1H3,(H,18,19)(H2,16,20,21)/t13-/m1/s1. The molecule has 0 fully saturated rings. The summed E-state index contributed by atoms with van der Waals surface area (Å²) >= 11 is 0. The molecule has 0 spiro atoms. The molecule has 1 atom stereocenters. The Balaban J connectivity index is 1.78. The highest BCUT2D eigenvalue weighted by Crippen LogP contribution is 2.31. The third-order valence-corrected chi connectivity index (χ3v) is 4.80. The van der Waals surface area contributed by atoms with E-state index in [1.165, 1.54) is 23.4 Å². The molecule has 0 bridgehead atoms. The zero-order chi connectivity index (χ0) is 15.9. The molecule has 4 N–H and O–H groups in total. The fourth-order valence-electron chi connectivity index (χ4n) is 2.80. The Labute approximate surface area is 128 Å². The van der Waals surface area contributed by atoms with Crippen LogP contribution in [-0.2, 0) is 16.4 Å². The highest BCUT2D eigenvalue weighted by molar-refractivity contribution is 7.89. The average molecular weight is 319 g/mol. The van der Waals surface area contributed by atoms with Crippen LogP contribution in [0.25, 0.3) is 0 Å². The number of amides is 1. The van der Waals surface area contributed by atoms with Crippen molar-refractivity contribution in [3.8, 4) is 0 Å². The second-order valence-electron chi connectivity index (χ2n) is 5.56. The average Bonchev–Trinajstić information content (AvgIpc) is 3.05. The second-order valence-corrected chi connectivity index (χ2v) is 7.12. The third kappa shape index (κ3) is 2.77. The molecule has 0 radical (unpaired) electrons. The Morgan fingerprint density at radius 1 is 1.36 bits per heavy atom. The summed E-state index contributed by atoms with van der Waals surface area (Å²) in [6.07, 6.45) is 2.98. The minimum Gasteiger partial charge on any atom is -0.356 e. The quantitative estimate of drug-likeness (QED) is 0.796. The van der Waals surface area contributed by atoms with Gasteiger partial charge in [-0.2, -0.15) is 0 Å². The van der Waals surface area contributed by atoms with Crippen molar-refractivity contribution in [2.75, 3.05) is 0 Å². The van der Waals surface area contributed by atoms with E-state index in [4.69, 9.17) is 5.14 Å². The number of carbonyl (C=O) groups excluding carboxylic acids is 1. The summed E-state index contributed by atoms with van der Waals surface area (Å²) in [4.78, 5) is 14.8. The number of fused-ring (bicyclic) bond motifs is 1. The first-order chi connectivity index (χ1) is 10.3. The van der Waals surface area contributed by atoms with E-state index in [0.717, 1.165) is 18.4 Å². The highest BCUT2D eigenvalue weighted by atomic mass is 32.2. The molecule has 1 aromatic heterocycles. The Hall–Kier alpha value is -2.12. The van der Waals surface area contributed by atoms with Crippen LogP contribution in [0.15, 0.2) is 35.4 Å². The van der Waals surface area contributed by atoms with E-state index >= 15 is 0 Å². The largest absolute Gasteiger partial charge is 0.356 e. The van der Waals surface area contributed by atoms with Gasteiger partial charge in [0.15, 0.2) is 0 Å². The van der Waals surface area contributed by atoms with Gasteiger partial charge in [-0.05, 0) is 37.0 Å². The monoisotopic (exact) mass is 319 g/mol. The maximum atomic E-state index is 12.2. The molecule has 1 heterocycles. The summed E-state index contributed by atoms with van der Waals surface area (Å²) in [7, 11) is -3.81. The van der Waals surface area contributed by atoms with E-state index in [0.29, 0.717) is 0 Å². The molecule has 0 unspecified atom stereocenters. The van der Waals surface area contributed by atoms with E-state index in [1.807, 2.05) is 19.1 Å². The van der Waals surface area contributed by atoms with E-state index in [-0.39, 0.29) is 22.5 Å². The summed E-state index contributed by atoms with van der Waals surface area (Å²) < 4.78 is 22.5. The van der Waals surface area contributed by atoms with E-state index in [1.54, 1.807) is 0 Å². The molecule has 1 aliphatic carbocycles. The molecule has 1 amide bonds. The fourth-order valence-corrected chi connectivity index (χ4v) is 3.31. The lowest BCUT2D eigenvalue weighted by molar-refractivity contribution is 0.0932. The molecule has 3 rings (SSSR count). The van der Waals surface area contributed by atoms with E-state index in [9.17, 15) is 13.2 Å². The minimum atomic E-state index is -3.81. The fraction of sp³-hybridized carbons (Fsp3) is 0.267. The number of aromatic nitrogens is 1. The molecule has 7 heteroatoms. The lowest BCUT2D eigenvalue weighted by Gasteiger charge is -2.13. The van der Waals surface area contributed by atoms with Crippen LogP contribution in [0.2, 0.25) is 0 Å². The first-order valence-corrected chi connectivity index (χ1v) is 8.51. The van der Waals surface area contributed by atoms with Gasteiger partial charge < -0.3 is 10.3 Å². The van der Waals surface area contributed by atoms with Crippen molar-refractivity contribution in [2.45, 2.75) is 30.7 Å². The maximum absolute atomic E-state index is 12.2. The molecule has 2 aromatic rings. The van der Waals surface area contributed by atoms with Gasteiger partial charge in [0.1, 0.15) is 5.69 Å². The molecule has 116 valence electrons. The van der Waals surface area contributed by atoms with Crippen molar-refractivity contribution < 1.29 is 13.2 Å². The number of hydrogen-bond donors (Lipinski definition) is 3. The van der Waals surface area contributed by atoms with Gasteiger partial charge in [-0.1, -0.05) is 23.8 Å². The number of aromatic amines is 1. The van der Waals surface area contributed by atoms with Crippen LogP contribution in [0, 0.1) is 6.92 Å². The summed E-state index contributed by atoms with van der Waals surface area (Å²) in [5, 5.41) is 7.96. The molecule has 1 aliphatic rings. The van der Waals surface area contributed by atoms with Gasteiger partial charge in [0, 0.05) is 6.20 Å². The number of benzene rings is 1. The SMILES string of the molecule is Cc1ccc2c(c1)CC[C@H]2NC(=O)c1cc(S(N)(=O)=O)c[nH]1. The first kappa shape index (κ1) is 14.8. The van der Waals surface area contributed by atoms with Gasteiger partial charge in [-0.3, -0.25) is 4.79 Å². The molecule has 0 aliphatic heterocycles. The molecular weight excluding hydrogens is 302 g/mol. The summed E-state index contributed by atoms with van der Waals surface area (Å²) in [5.74, 6) is -0.340. The second kappa shape index (κ2) is 5.26. The molecule has 6 nitrogen and oxygen atoms in total. The third-order valence-electron chi connectivity index (χ3n) is 3.91. The topological polar surface area (TPSA) is 105 Å². The van der Waals surface area contributed by atoms with Crippen LogP contribution in [-0.4, -0.2) is 19.3 Å². The zero-order valence-electron chi connectivity index (χ0n) is 12.1. The number of carbonyl (C=O) groups is 1. The number of hydrogen-bond acceptors (Lipinski definition) is 3. The van der Waals surface area contributed by atoms with E-state index in [2.05, 4.69) is 16.4 Å². The van der Waals surface area contributed by atoms with Crippen LogP contribution in [0.3, 0.4) is 0 Å². The number of nitrogens with two attached hydrogens (primary N) is 1. The van der Waals surface area contributed by atoms with Crippen LogP contribution in [0.1, 0.15) is 39.6 Å². The summed E-state index contributed by atoms with van der Waals surface area (Å²) in [6.45, 7) is 2.04. The van der Waals surface area contributed by atoms with Gasteiger partial charge in [0.05, 0.1) is 10.9 Å².